The molecule has 0 fully saturated rings. The van der Waals surface area contributed by atoms with Crippen molar-refractivity contribution in [1.29, 1.82) is 0 Å². The molecule has 1 nitrogen and oxygen atoms in total. The van der Waals surface area contributed by atoms with Crippen molar-refractivity contribution in [2.24, 2.45) is 0 Å². The third kappa shape index (κ3) is 6.29. The quantitative estimate of drug-likeness (QED) is 0.151. The molecule has 0 spiro atoms. The van der Waals surface area contributed by atoms with Crippen LogP contribution >= 0.6 is 0 Å². The van der Waals surface area contributed by atoms with E-state index in [1.807, 2.05) is 0 Å². The van der Waals surface area contributed by atoms with Gasteiger partial charge in [0.2, 0.25) is 0 Å². The highest BCUT2D eigenvalue weighted by molar-refractivity contribution is 6.22. The predicted octanol–water partition coefficient (Wildman–Crippen LogP) is 14.5. The number of fused-ring (bicyclic) bond motifs is 5. The molecular weight excluding hydrogens is 639 g/mol. The molecule has 0 saturated carbocycles. The van der Waals surface area contributed by atoms with E-state index in [1.165, 1.54) is 111 Å². The average Bonchev–Trinajstić information content (AvgIpc) is 3.16. The molecule has 1 unspecified atom stereocenters. The Labute approximate surface area is 315 Å². The number of aryl methyl sites for hydroxylation is 8. The van der Waals surface area contributed by atoms with Gasteiger partial charge < -0.3 is 4.90 Å². The van der Waals surface area contributed by atoms with Crippen LogP contribution in [0.5, 0.6) is 0 Å². The van der Waals surface area contributed by atoms with E-state index < -0.39 is 0 Å². The van der Waals surface area contributed by atoms with Crippen LogP contribution in [0, 0.1) is 55.4 Å². The maximum absolute atomic E-state index is 2.53. The van der Waals surface area contributed by atoms with Crippen LogP contribution in [0.1, 0.15) is 67.1 Å². The van der Waals surface area contributed by atoms with E-state index in [0.29, 0.717) is 0 Å². The van der Waals surface area contributed by atoms with E-state index >= 15 is 0 Å². The first-order chi connectivity index (χ1) is 25.6. The second-order valence-electron chi connectivity index (χ2n) is 15.4. The van der Waals surface area contributed by atoms with Gasteiger partial charge in [0.25, 0.3) is 0 Å². The highest BCUT2D eigenvalue weighted by Gasteiger charge is 2.23. The molecule has 0 aliphatic heterocycles. The highest BCUT2D eigenvalue weighted by atomic mass is 15.1. The molecule has 8 aromatic carbocycles. The minimum atomic E-state index is 0.187. The largest absolute Gasteiger partial charge is 0.310 e. The van der Waals surface area contributed by atoms with Crippen molar-refractivity contribution in [3.05, 3.63) is 195 Å². The normalized spacial score (nSPS) is 12.2. The summed E-state index contributed by atoms with van der Waals surface area (Å²) in [5.41, 5.74) is 18.2. The molecule has 262 valence electrons. The van der Waals surface area contributed by atoms with Crippen molar-refractivity contribution in [1.82, 2.24) is 0 Å². The van der Waals surface area contributed by atoms with Crippen LogP contribution in [-0.2, 0) is 6.42 Å². The van der Waals surface area contributed by atoms with E-state index in [1.54, 1.807) is 0 Å². The van der Waals surface area contributed by atoms with E-state index in [4.69, 9.17) is 0 Å². The van der Waals surface area contributed by atoms with Gasteiger partial charge in [-0.3, -0.25) is 0 Å². The summed E-state index contributed by atoms with van der Waals surface area (Å²) in [5.74, 6) is 0.187. The first-order valence-electron chi connectivity index (χ1n) is 19.0. The van der Waals surface area contributed by atoms with Gasteiger partial charge in [0.15, 0.2) is 0 Å². The summed E-state index contributed by atoms with van der Waals surface area (Å²) in [6, 6.07) is 51.0. The van der Waals surface area contributed by atoms with Gasteiger partial charge in [0.05, 0.1) is 5.69 Å². The monoisotopic (exact) mass is 687 g/mol. The molecule has 1 atom stereocenters. The molecule has 0 saturated heterocycles. The lowest BCUT2D eigenvalue weighted by atomic mass is 9.80. The Morgan fingerprint density at radius 2 is 0.849 bits per heavy atom. The fraction of sp³-hybridized carbons (Fsp3) is 0.192. The highest BCUT2D eigenvalue weighted by Crippen LogP contribution is 2.46. The van der Waals surface area contributed by atoms with E-state index in [2.05, 4.69) is 194 Å². The van der Waals surface area contributed by atoms with Crippen molar-refractivity contribution in [2.45, 2.75) is 67.7 Å². The minimum absolute atomic E-state index is 0.187. The Morgan fingerprint density at radius 3 is 1.42 bits per heavy atom. The molecule has 8 rings (SSSR count). The summed E-state index contributed by atoms with van der Waals surface area (Å²) in [6.07, 6.45) is 0.933. The van der Waals surface area contributed by atoms with Crippen LogP contribution in [0.4, 0.5) is 17.1 Å². The van der Waals surface area contributed by atoms with Gasteiger partial charge >= 0.3 is 0 Å². The zero-order chi connectivity index (χ0) is 37.0. The molecule has 0 aromatic heterocycles. The van der Waals surface area contributed by atoms with Crippen LogP contribution in [0.25, 0.3) is 32.3 Å². The van der Waals surface area contributed by atoms with Crippen molar-refractivity contribution in [3.63, 3.8) is 0 Å². The summed E-state index contributed by atoms with van der Waals surface area (Å²) in [5, 5.41) is 7.70. The van der Waals surface area contributed by atoms with Gasteiger partial charge in [-0.15, -0.1) is 0 Å². The number of hydrogen-bond acceptors (Lipinski definition) is 1. The summed E-state index contributed by atoms with van der Waals surface area (Å²) in [6.45, 7) is 17.7. The van der Waals surface area contributed by atoms with Gasteiger partial charge in [-0.1, -0.05) is 97.1 Å². The van der Waals surface area contributed by atoms with Crippen molar-refractivity contribution in [3.8, 4) is 0 Å². The number of anilines is 3. The van der Waals surface area contributed by atoms with Gasteiger partial charge in [-0.25, -0.2) is 0 Å². The molecule has 0 amide bonds. The smallest absolute Gasteiger partial charge is 0.0546 e. The number of hydrogen-bond donors (Lipinski definition) is 0. The zero-order valence-electron chi connectivity index (χ0n) is 32.4. The van der Waals surface area contributed by atoms with E-state index in [-0.39, 0.29) is 5.92 Å². The summed E-state index contributed by atoms with van der Waals surface area (Å²) >= 11 is 0. The van der Waals surface area contributed by atoms with Crippen LogP contribution in [0.3, 0.4) is 0 Å². The molecule has 0 aliphatic rings. The first-order valence-corrected chi connectivity index (χ1v) is 19.0. The molecule has 0 N–H and O–H groups in total. The topological polar surface area (TPSA) is 3.24 Å². The van der Waals surface area contributed by atoms with Crippen LogP contribution in [-0.4, -0.2) is 0 Å². The SMILES string of the molecule is Cc1ccc(CC(c2ccc(C)c(C)c2)c2cc3c4ccccc4c(N(c4ccc(C)c(C)c4)c4ccc(C)c(C)c4)cc3c3ccccc23)cc1C. The maximum atomic E-state index is 2.53. The van der Waals surface area contributed by atoms with Crippen molar-refractivity contribution < 1.29 is 0 Å². The molecule has 0 bridgehead atoms. The van der Waals surface area contributed by atoms with Gasteiger partial charge in [-0.05, 0) is 186 Å². The lowest BCUT2D eigenvalue weighted by Crippen LogP contribution is -2.12. The molecule has 53 heavy (non-hydrogen) atoms. The standard InChI is InChI=1S/C52H49N/c1-32-17-21-40(25-36(32)5)29-48(41-22-18-33(2)37(6)26-41)49-30-50-46-15-11-12-16-47(46)52(31-51(50)45-14-10-9-13-44(45)49)53(42-23-19-34(3)38(7)27-42)43-24-20-35(4)39(8)28-43/h9-28,30-31,48H,29H2,1-8H3. The number of rotatable bonds is 7. The molecule has 8 aromatic rings. The fourth-order valence-electron chi connectivity index (χ4n) is 8.14. The minimum Gasteiger partial charge on any atom is -0.310 e. The Morgan fingerprint density at radius 1 is 0.377 bits per heavy atom. The van der Waals surface area contributed by atoms with Gasteiger partial charge in [0.1, 0.15) is 0 Å². The van der Waals surface area contributed by atoms with E-state index in [9.17, 15) is 0 Å². The third-order valence-electron chi connectivity index (χ3n) is 12.0. The summed E-state index contributed by atoms with van der Waals surface area (Å²) < 4.78 is 0. The average molecular weight is 688 g/mol. The molecule has 0 radical (unpaired) electrons. The first kappa shape index (κ1) is 34.4. The molecule has 1 heteroatoms. The summed E-state index contributed by atoms with van der Waals surface area (Å²) in [7, 11) is 0. The zero-order valence-corrected chi connectivity index (χ0v) is 32.4. The van der Waals surface area contributed by atoms with Gasteiger partial charge in [0, 0.05) is 22.7 Å². The van der Waals surface area contributed by atoms with Crippen LogP contribution in [0.2, 0.25) is 0 Å². The lowest BCUT2D eigenvalue weighted by molar-refractivity contribution is 0.810. The Kier molecular flexibility index (Phi) is 8.91. The third-order valence-corrected chi connectivity index (χ3v) is 12.0. The van der Waals surface area contributed by atoms with E-state index in [0.717, 1.165) is 6.42 Å². The van der Waals surface area contributed by atoms with Gasteiger partial charge in [-0.2, -0.15) is 0 Å². The Hall–Kier alpha value is -5.66. The molecular formula is C52H49N. The number of nitrogens with zero attached hydrogens (tertiary/aromatic N) is 1. The van der Waals surface area contributed by atoms with Crippen LogP contribution in [0.15, 0.2) is 133 Å². The maximum Gasteiger partial charge on any atom is 0.0546 e. The molecule has 0 aliphatic carbocycles. The predicted molar refractivity (Wildman–Crippen MR) is 230 cm³/mol. The molecule has 0 heterocycles. The second-order valence-corrected chi connectivity index (χ2v) is 15.4. The lowest BCUT2D eigenvalue weighted by Gasteiger charge is -2.29. The Balaban J connectivity index is 1.43. The summed E-state index contributed by atoms with van der Waals surface area (Å²) in [4.78, 5) is 2.47. The number of benzene rings is 8. The Bertz CT molecular complexity index is 2640. The second kappa shape index (κ2) is 13.7. The fourth-order valence-corrected chi connectivity index (χ4v) is 8.14. The van der Waals surface area contributed by atoms with Crippen molar-refractivity contribution in [2.75, 3.05) is 4.90 Å². The van der Waals surface area contributed by atoms with Crippen molar-refractivity contribution >= 4 is 49.4 Å². The van der Waals surface area contributed by atoms with Crippen LogP contribution < -0.4 is 4.90 Å².